The molecule has 0 aliphatic heterocycles. The van der Waals surface area contributed by atoms with Crippen LogP contribution in [-0.4, -0.2) is 21.0 Å². The first-order valence-electron chi connectivity index (χ1n) is 6.76. The monoisotopic (exact) mass is 270 g/mol. The molecule has 4 nitrogen and oxygen atoms in total. The fourth-order valence-electron chi connectivity index (χ4n) is 2.57. The number of carbonyl (C=O) groups is 1. The number of carboxylic acids is 1. The van der Waals surface area contributed by atoms with Gasteiger partial charge in [0.25, 0.3) is 0 Å². The molecule has 1 aromatic heterocycles. The maximum Gasteiger partial charge on any atom is 0.354 e. The van der Waals surface area contributed by atoms with Gasteiger partial charge < -0.3 is 5.11 Å². The van der Waals surface area contributed by atoms with E-state index in [0.717, 1.165) is 18.4 Å². The van der Waals surface area contributed by atoms with E-state index in [-0.39, 0.29) is 11.1 Å². The van der Waals surface area contributed by atoms with Gasteiger partial charge in [-0.15, -0.1) is 0 Å². The first-order chi connectivity index (χ1) is 9.64. The predicted octanol–water partition coefficient (Wildman–Crippen LogP) is 3.28. The molecule has 0 bridgehead atoms. The van der Waals surface area contributed by atoms with Crippen molar-refractivity contribution in [1.82, 2.24) is 9.97 Å². The molecule has 1 N–H and O–H groups in total. The molecule has 0 saturated heterocycles. The molecule has 0 aliphatic carbocycles. The van der Waals surface area contributed by atoms with Gasteiger partial charge in [0, 0.05) is 6.20 Å². The Hall–Kier alpha value is -2.23. The Kier molecular flexibility index (Phi) is 4.13. The van der Waals surface area contributed by atoms with Gasteiger partial charge in [-0.2, -0.15) is 0 Å². The second kappa shape index (κ2) is 5.82. The lowest BCUT2D eigenvalue weighted by Crippen LogP contribution is -2.29. The van der Waals surface area contributed by atoms with E-state index < -0.39 is 5.97 Å². The molecular weight excluding hydrogens is 252 g/mol. The molecule has 0 unspecified atom stereocenters. The van der Waals surface area contributed by atoms with Gasteiger partial charge in [-0.1, -0.05) is 44.2 Å². The van der Waals surface area contributed by atoms with Crippen LogP contribution in [0.3, 0.4) is 0 Å². The molecule has 0 spiro atoms. The summed E-state index contributed by atoms with van der Waals surface area (Å²) in [7, 11) is 0. The molecule has 104 valence electrons. The topological polar surface area (TPSA) is 63.1 Å². The minimum Gasteiger partial charge on any atom is -0.477 e. The van der Waals surface area contributed by atoms with Crippen LogP contribution in [0.2, 0.25) is 0 Å². The number of nitrogens with zero attached hydrogens (tertiary/aromatic N) is 2. The van der Waals surface area contributed by atoms with E-state index >= 15 is 0 Å². The van der Waals surface area contributed by atoms with Crippen molar-refractivity contribution >= 4 is 5.97 Å². The number of carboxylic acid groups (broad SMARTS) is 1. The van der Waals surface area contributed by atoms with Gasteiger partial charge in [0.15, 0.2) is 5.69 Å². The van der Waals surface area contributed by atoms with Crippen LogP contribution in [-0.2, 0) is 5.41 Å². The van der Waals surface area contributed by atoms with Gasteiger partial charge in [-0.3, -0.25) is 0 Å². The average molecular weight is 270 g/mol. The van der Waals surface area contributed by atoms with Crippen LogP contribution in [0.15, 0.2) is 42.6 Å². The standard InChI is InChI=1S/C16H18N2O2/c1-3-16(4-2,12-8-6-5-7-9-12)15-17-11-10-13(18-15)14(19)20/h5-11H,3-4H2,1-2H3,(H,19,20). The SMILES string of the molecule is CCC(CC)(c1ccccc1)c1nccc(C(=O)O)n1. The summed E-state index contributed by atoms with van der Waals surface area (Å²) < 4.78 is 0. The van der Waals surface area contributed by atoms with E-state index in [4.69, 9.17) is 5.11 Å². The van der Waals surface area contributed by atoms with Crippen molar-refractivity contribution in [3.8, 4) is 0 Å². The summed E-state index contributed by atoms with van der Waals surface area (Å²) in [5.74, 6) is -0.448. The molecule has 1 aromatic carbocycles. The summed E-state index contributed by atoms with van der Waals surface area (Å²) in [6.45, 7) is 4.15. The van der Waals surface area contributed by atoms with Crippen LogP contribution in [0.25, 0.3) is 0 Å². The molecular formula is C16H18N2O2. The van der Waals surface area contributed by atoms with Gasteiger partial charge in [-0.05, 0) is 24.5 Å². The van der Waals surface area contributed by atoms with Gasteiger partial charge >= 0.3 is 5.97 Å². The molecule has 0 aliphatic rings. The predicted molar refractivity (Wildman–Crippen MR) is 76.8 cm³/mol. The Balaban J connectivity index is 2.59. The third-order valence-corrected chi connectivity index (χ3v) is 3.84. The molecule has 0 saturated carbocycles. The Bertz CT molecular complexity index is 592. The van der Waals surface area contributed by atoms with E-state index in [2.05, 4.69) is 23.8 Å². The molecule has 2 rings (SSSR count). The highest BCUT2D eigenvalue weighted by Gasteiger charge is 2.33. The van der Waals surface area contributed by atoms with Crippen molar-refractivity contribution in [2.45, 2.75) is 32.1 Å². The lowest BCUT2D eigenvalue weighted by atomic mass is 9.75. The Morgan fingerprint density at radius 3 is 2.35 bits per heavy atom. The fraction of sp³-hybridized carbons (Fsp3) is 0.312. The number of hydrogen-bond acceptors (Lipinski definition) is 3. The van der Waals surface area contributed by atoms with E-state index in [0.29, 0.717) is 5.82 Å². The zero-order chi connectivity index (χ0) is 14.6. The van der Waals surface area contributed by atoms with Crippen LogP contribution in [0.4, 0.5) is 0 Å². The summed E-state index contributed by atoms with van der Waals surface area (Å²) >= 11 is 0. The summed E-state index contributed by atoms with van der Waals surface area (Å²) in [6, 6.07) is 11.4. The average Bonchev–Trinajstić information content (AvgIpc) is 2.50. The largest absolute Gasteiger partial charge is 0.477 e. The van der Waals surface area contributed by atoms with Crippen molar-refractivity contribution in [3.63, 3.8) is 0 Å². The third kappa shape index (κ3) is 2.41. The van der Waals surface area contributed by atoms with Gasteiger partial charge in [0.1, 0.15) is 5.82 Å². The highest BCUT2D eigenvalue weighted by atomic mass is 16.4. The minimum atomic E-state index is -1.03. The highest BCUT2D eigenvalue weighted by Crippen LogP contribution is 2.36. The summed E-state index contributed by atoms with van der Waals surface area (Å²) in [5.41, 5.74) is 0.817. The van der Waals surface area contributed by atoms with Crippen molar-refractivity contribution in [1.29, 1.82) is 0 Å². The van der Waals surface area contributed by atoms with Crippen LogP contribution in [0.1, 0.15) is 48.6 Å². The molecule has 2 aromatic rings. The summed E-state index contributed by atoms with van der Waals surface area (Å²) in [5, 5.41) is 9.10. The van der Waals surface area contributed by atoms with E-state index in [1.807, 2.05) is 30.3 Å². The van der Waals surface area contributed by atoms with Crippen LogP contribution >= 0.6 is 0 Å². The highest BCUT2D eigenvalue weighted by molar-refractivity contribution is 5.85. The van der Waals surface area contributed by atoms with Gasteiger partial charge in [0.05, 0.1) is 5.41 Å². The van der Waals surface area contributed by atoms with E-state index in [9.17, 15) is 4.79 Å². The number of aromatic nitrogens is 2. The van der Waals surface area contributed by atoms with Crippen LogP contribution in [0, 0.1) is 0 Å². The zero-order valence-corrected chi connectivity index (χ0v) is 11.7. The van der Waals surface area contributed by atoms with Crippen molar-refractivity contribution < 1.29 is 9.90 Å². The normalized spacial score (nSPS) is 11.3. The fourth-order valence-corrected chi connectivity index (χ4v) is 2.57. The van der Waals surface area contributed by atoms with E-state index in [1.165, 1.54) is 12.3 Å². The van der Waals surface area contributed by atoms with Crippen molar-refractivity contribution in [2.75, 3.05) is 0 Å². The first kappa shape index (κ1) is 14.2. The zero-order valence-electron chi connectivity index (χ0n) is 11.7. The smallest absolute Gasteiger partial charge is 0.354 e. The van der Waals surface area contributed by atoms with E-state index in [1.54, 1.807) is 0 Å². The molecule has 0 fully saturated rings. The second-order valence-corrected chi connectivity index (χ2v) is 4.73. The minimum absolute atomic E-state index is 0.0391. The maximum atomic E-state index is 11.1. The maximum absolute atomic E-state index is 11.1. The lowest BCUT2D eigenvalue weighted by Gasteiger charge is -2.30. The second-order valence-electron chi connectivity index (χ2n) is 4.73. The van der Waals surface area contributed by atoms with Crippen LogP contribution in [0.5, 0.6) is 0 Å². The van der Waals surface area contributed by atoms with Gasteiger partial charge in [0.2, 0.25) is 0 Å². The molecule has 0 atom stereocenters. The number of benzene rings is 1. The first-order valence-corrected chi connectivity index (χ1v) is 6.76. The quantitative estimate of drug-likeness (QED) is 0.905. The van der Waals surface area contributed by atoms with Crippen LogP contribution < -0.4 is 0 Å². The molecule has 4 heteroatoms. The van der Waals surface area contributed by atoms with Crippen molar-refractivity contribution in [2.24, 2.45) is 0 Å². The molecule has 1 heterocycles. The third-order valence-electron chi connectivity index (χ3n) is 3.84. The Morgan fingerprint density at radius 2 is 1.80 bits per heavy atom. The Morgan fingerprint density at radius 1 is 1.15 bits per heavy atom. The number of aromatic carboxylic acids is 1. The molecule has 20 heavy (non-hydrogen) atoms. The molecule has 0 amide bonds. The molecule has 0 radical (unpaired) electrons. The van der Waals surface area contributed by atoms with Gasteiger partial charge in [-0.25, -0.2) is 14.8 Å². The Labute approximate surface area is 118 Å². The van der Waals surface area contributed by atoms with Crippen molar-refractivity contribution in [3.05, 3.63) is 59.7 Å². The number of rotatable bonds is 5. The lowest BCUT2D eigenvalue weighted by molar-refractivity contribution is 0.0689. The summed E-state index contributed by atoms with van der Waals surface area (Å²) in [4.78, 5) is 19.7. The number of hydrogen-bond donors (Lipinski definition) is 1. The summed E-state index contributed by atoms with van der Waals surface area (Å²) in [6.07, 6.45) is 3.15.